The van der Waals surface area contributed by atoms with Gasteiger partial charge in [0.1, 0.15) is 0 Å². The number of nitrogens with one attached hydrogen (secondary N) is 1. The largest absolute Gasteiger partial charge is 0.370 e. The van der Waals surface area contributed by atoms with Crippen LogP contribution in [0.3, 0.4) is 0 Å². The van der Waals surface area contributed by atoms with Gasteiger partial charge in [-0.1, -0.05) is 38.3 Å². The first-order valence-electron chi connectivity index (χ1n) is 7.93. The molecule has 0 fully saturated rings. The van der Waals surface area contributed by atoms with E-state index in [1.54, 1.807) is 24.3 Å². The maximum atomic E-state index is 12.0. The van der Waals surface area contributed by atoms with Gasteiger partial charge in [-0.15, -0.1) is 0 Å². The molecule has 0 heterocycles. The van der Waals surface area contributed by atoms with Crippen molar-refractivity contribution in [1.82, 2.24) is 9.62 Å². The van der Waals surface area contributed by atoms with E-state index in [2.05, 4.69) is 17.2 Å². The predicted molar refractivity (Wildman–Crippen MR) is 94.8 cm³/mol. The number of rotatable bonds is 9. The summed E-state index contributed by atoms with van der Waals surface area (Å²) in [5, 5.41) is 3.09. The fourth-order valence-corrected chi connectivity index (χ4v) is 2.88. The van der Waals surface area contributed by atoms with E-state index in [9.17, 15) is 8.42 Å². The molecule has 23 heavy (non-hydrogen) atoms. The Morgan fingerprint density at radius 1 is 1.17 bits per heavy atom. The Morgan fingerprint density at radius 3 is 2.39 bits per heavy atom. The molecule has 0 atom stereocenters. The van der Waals surface area contributed by atoms with E-state index in [0.717, 1.165) is 18.5 Å². The molecular weight excluding hydrogens is 312 g/mol. The van der Waals surface area contributed by atoms with Crippen LogP contribution in [0.4, 0.5) is 0 Å². The summed E-state index contributed by atoms with van der Waals surface area (Å²) in [5.41, 5.74) is 6.73. The Hall–Kier alpha value is -1.60. The molecule has 0 aliphatic heterocycles. The quantitative estimate of drug-likeness (QED) is 0.408. The van der Waals surface area contributed by atoms with Gasteiger partial charge in [0.05, 0.1) is 11.4 Å². The van der Waals surface area contributed by atoms with E-state index in [-0.39, 0.29) is 4.90 Å². The minimum absolute atomic E-state index is 0.275. The zero-order valence-electron chi connectivity index (χ0n) is 14.2. The Labute approximate surface area is 139 Å². The highest BCUT2D eigenvalue weighted by Gasteiger charge is 2.16. The molecule has 0 amide bonds. The second kappa shape index (κ2) is 9.52. The van der Waals surface area contributed by atoms with Gasteiger partial charge in [-0.2, -0.15) is 0 Å². The molecule has 0 spiro atoms. The summed E-state index contributed by atoms with van der Waals surface area (Å²) in [6.07, 6.45) is 4.73. The fraction of sp³-hybridized carbons (Fsp3) is 0.562. The first-order chi connectivity index (χ1) is 10.9. The van der Waals surface area contributed by atoms with E-state index in [1.165, 1.54) is 37.7 Å². The van der Waals surface area contributed by atoms with Crippen molar-refractivity contribution in [2.24, 2.45) is 10.7 Å². The third-order valence-electron chi connectivity index (χ3n) is 3.47. The minimum Gasteiger partial charge on any atom is -0.370 e. The maximum absolute atomic E-state index is 12.0. The molecule has 1 aromatic rings. The molecule has 0 unspecified atom stereocenters. The van der Waals surface area contributed by atoms with E-state index < -0.39 is 10.0 Å². The summed E-state index contributed by atoms with van der Waals surface area (Å²) in [6.45, 7) is 3.43. The molecule has 7 heteroatoms. The van der Waals surface area contributed by atoms with Crippen LogP contribution in [-0.2, 0) is 16.6 Å². The number of nitrogens with two attached hydrogens (primary N) is 1. The minimum atomic E-state index is -3.38. The van der Waals surface area contributed by atoms with Crippen LogP contribution in [0.5, 0.6) is 0 Å². The number of aliphatic imine (C=N–C) groups is 1. The van der Waals surface area contributed by atoms with Crippen molar-refractivity contribution >= 4 is 16.0 Å². The van der Waals surface area contributed by atoms with Crippen molar-refractivity contribution in [3.05, 3.63) is 29.8 Å². The maximum Gasteiger partial charge on any atom is 0.242 e. The average molecular weight is 340 g/mol. The van der Waals surface area contributed by atoms with Crippen LogP contribution >= 0.6 is 0 Å². The van der Waals surface area contributed by atoms with Crippen molar-refractivity contribution in [2.75, 3.05) is 20.6 Å². The van der Waals surface area contributed by atoms with Crippen LogP contribution < -0.4 is 11.1 Å². The molecular formula is C16H28N4O2S. The number of hydrogen-bond acceptors (Lipinski definition) is 3. The Balaban J connectivity index is 2.50. The topological polar surface area (TPSA) is 87.8 Å². The van der Waals surface area contributed by atoms with E-state index in [1.807, 2.05) is 0 Å². The lowest BCUT2D eigenvalue weighted by Crippen LogP contribution is -2.32. The number of benzene rings is 1. The number of unbranched alkanes of at least 4 members (excludes halogenated alkanes) is 3. The summed E-state index contributed by atoms with van der Waals surface area (Å²) in [6, 6.07) is 6.70. The lowest BCUT2D eigenvalue weighted by molar-refractivity contribution is 0.520. The second-order valence-electron chi connectivity index (χ2n) is 5.62. The number of guanidine groups is 1. The standard InChI is InChI=1S/C16H28N4O2S/c1-4-5-6-7-12-18-16(17)19-13-14-8-10-15(11-9-14)23(21,22)20(2)3/h8-11H,4-7,12-13H2,1-3H3,(H3,17,18,19). The first kappa shape index (κ1) is 19.4. The number of nitrogens with zero attached hydrogens (tertiary/aromatic N) is 2. The van der Waals surface area contributed by atoms with Gasteiger partial charge in [0.25, 0.3) is 0 Å². The summed E-state index contributed by atoms with van der Waals surface area (Å²) in [4.78, 5) is 4.54. The third-order valence-corrected chi connectivity index (χ3v) is 5.30. The molecule has 0 saturated carbocycles. The second-order valence-corrected chi connectivity index (χ2v) is 7.77. The molecule has 3 N–H and O–H groups in total. The zero-order valence-corrected chi connectivity index (χ0v) is 15.1. The highest BCUT2D eigenvalue weighted by molar-refractivity contribution is 7.89. The molecule has 0 saturated heterocycles. The SMILES string of the molecule is CCCCCCNC(N)=NCc1ccc(S(=O)(=O)N(C)C)cc1. The fourth-order valence-electron chi connectivity index (χ4n) is 1.98. The summed E-state index contributed by atoms with van der Waals surface area (Å²) in [7, 11) is -0.356. The molecule has 0 bridgehead atoms. The predicted octanol–water partition coefficient (Wildman–Crippen LogP) is 1.92. The van der Waals surface area contributed by atoms with Gasteiger partial charge >= 0.3 is 0 Å². The van der Waals surface area contributed by atoms with Crippen LogP contribution in [0.2, 0.25) is 0 Å². The molecule has 0 aromatic heterocycles. The van der Waals surface area contributed by atoms with E-state index in [0.29, 0.717) is 12.5 Å². The van der Waals surface area contributed by atoms with Crippen molar-refractivity contribution in [3.63, 3.8) is 0 Å². The zero-order chi connectivity index (χ0) is 17.3. The van der Waals surface area contributed by atoms with E-state index in [4.69, 9.17) is 5.73 Å². The van der Waals surface area contributed by atoms with Gasteiger partial charge < -0.3 is 11.1 Å². The first-order valence-corrected chi connectivity index (χ1v) is 9.37. The highest BCUT2D eigenvalue weighted by atomic mass is 32.2. The van der Waals surface area contributed by atoms with Crippen molar-refractivity contribution in [3.8, 4) is 0 Å². The van der Waals surface area contributed by atoms with Crippen LogP contribution in [0, 0.1) is 0 Å². The van der Waals surface area contributed by atoms with Crippen LogP contribution in [0.15, 0.2) is 34.2 Å². The molecule has 6 nitrogen and oxygen atoms in total. The number of hydrogen-bond donors (Lipinski definition) is 2. The van der Waals surface area contributed by atoms with Crippen LogP contribution in [-0.4, -0.2) is 39.3 Å². The smallest absolute Gasteiger partial charge is 0.242 e. The molecule has 1 aromatic carbocycles. The lowest BCUT2D eigenvalue weighted by atomic mass is 10.2. The van der Waals surface area contributed by atoms with Gasteiger partial charge in [-0.05, 0) is 24.1 Å². The van der Waals surface area contributed by atoms with Gasteiger partial charge in [0.2, 0.25) is 10.0 Å². The van der Waals surface area contributed by atoms with Gasteiger partial charge in [0, 0.05) is 20.6 Å². The van der Waals surface area contributed by atoms with Crippen LogP contribution in [0.1, 0.15) is 38.2 Å². The Morgan fingerprint density at radius 2 is 1.83 bits per heavy atom. The van der Waals surface area contributed by atoms with Gasteiger partial charge in [-0.3, -0.25) is 0 Å². The average Bonchev–Trinajstić information content (AvgIpc) is 2.53. The third kappa shape index (κ3) is 6.58. The lowest BCUT2D eigenvalue weighted by Gasteiger charge is -2.11. The highest BCUT2D eigenvalue weighted by Crippen LogP contribution is 2.14. The summed E-state index contributed by atoms with van der Waals surface area (Å²) >= 11 is 0. The molecule has 130 valence electrons. The normalized spacial score (nSPS) is 12.6. The van der Waals surface area contributed by atoms with Crippen LogP contribution in [0.25, 0.3) is 0 Å². The Bertz CT molecular complexity index is 595. The van der Waals surface area contributed by atoms with Gasteiger partial charge in [0.15, 0.2) is 5.96 Å². The van der Waals surface area contributed by atoms with Crippen molar-refractivity contribution in [2.45, 2.75) is 44.0 Å². The number of sulfonamides is 1. The van der Waals surface area contributed by atoms with E-state index >= 15 is 0 Å². The summed E-state index contributed by atoms with van der Waals surface area (Å²) < 4.78 is 25.1. The summed E-state index contributed by atoms with van der Waals surface area (Å²) in [5.74, 6) is 0.423. The van der Waals surface area contributed by atoms with Gasteiger partial charge in [-0.25, -0.2) is 17.7 Å². The molecule has 1 rings (SSSR count). The molecule has 0 radical (unpaired) electrons. The van der Waals surface area contributed by atoms with Crippen molar-refractivity contribution in [1.29, 1.82) is 0 Å². The Kier molecular flexibility index (Phi) is 8.05. The monoisotopic (exact) mass is 340 g/mol. The molecule has 0 aliphatic rings. The molecule has 0 aliphatic carbocycles. The van der Waals surface area contributed by atoms with Crippen molar-refractivity contribution < 1.29 is 8.42 Å².